The summed E-state index contributed by atoms with van der Waals surface area (Å²) in [5, 5.41) is 2.60. The van der Waals surface area contributed by atoms with Crippen LogP contribution in [-0.2, 0) is 11.3 Å². The van der Waals surface area contributed by atoms with Gasteiger partial charge in [-0.25, -0.2) is 9.78 Å². The number of carbonyl (C=O) groups is 1. The Kier molecular flexibility index (Phi) is 5.94. The van der Waals surface area contributed by atoms with Gasteiger partial charge in [0, 0.05) is 30.8 Å². The van der Waals surface area contributed by atoms with Gasteiger partial charge in [-0.1, -0.05) is 42.2 Å². The lowest BCUT2D eigenvalue weighted by Crippen LogP contribution is -2.24. The van der Waals surface area contributed by atoms with Gasteiger partial charge in [0.1, 0.15) is 6.61 Å². The standard InChI is InChI=1S/C17H15FN2O2/c18-16-12-14(9-11-19-16)6-4-5-10-20-17(21)22-13-15-7-2-1-3-8-15/h1-3,7-9,11-12H,5,10,13H2,(H,20,21). The van der Waals surface area contributed by atoms with E-state index in [4.69, 9.17) is 4.74 Å². The van der Waals surface area contributed by atoms with Crippen molar-refractivity contribution in [2.45, 2.75) is 13.0 Å². The number of halogens is 1. The van der Waals surface area contributed by atoms with Gasteiger partial charge in [-0.2, -0.15) is 4.39 Å². The molecule has 1 N–H and O–H groups in total. The zero-order valence-electron chi connectivity index (χ0n) is 11.9. The van der Waals surface area contributed by atoms with Crippen LogP contribution in [0.25, 0.3) is 0 Å². The molecule has 0 aliphatic heterocycles. The van der Waals surface area contributed by atoms with Crippen molar-refractivity contribution < 1.29 is 13.9 Å². The summed E-state index contributed by atoms with van der Waals surface area (Å²) in [6.07, 6.45) is 1.32. The van der Waals surface area contributed by atoms with Crippen LogP contribution in [0, 0.1) is 17.8 Å². The second-order valence-electron chi connectivity index (χ2n) is 4.41. The van der Waals surface area contributed by atoms with Crippen LogP contribution in [0.3, 0.4) is 0 Å². The summed E-state index contributed by atoms with van der Waals surface area (Å²) in [6, 6.07) is 12.3. The average Bonchev–Trinajstić information content (AvgIpc) is 2.54. The number of carbonyl (C=O) groups excluding carboxylic acids is 1. The van der Waals surface area contributed by atoms with Gasteiger partial charge < -0.3 is 10.1 Å². The monoisotopic (exact) mass is 298 g/mol. The first-order valence-electron chi connectivity index (χ1n) is 6.79. The van der Waals surface area contributed by atoms with Crippen LogP contribution in [0.2, 0.25) is 0 Å². The minimum absolute atomic E-state index is 0.231. The van der Waals surface area contributed by atoms with Crippen LogP contribution >= 0.6 is 0 Å². The normalized spacial score (nSPS) is 9.50. The molecule has 22 heavy (non-hydrogen) atoms. The Morgan fingerprint density at radius 2 is 2.09 bits per heavy atom. The summed E-state index contributed by atoms with van der Waals surface area (Å²) in [6.45, 7) is 0.600. The predicted octanol–water partition coefficient (Wildman–Crippen LogP) is 2.89. The molecule has 0 radical (unpaired) electrons. The zero-order valence-corrected chi connectivity index (χ0v) is 11.9. The van der Waals surface area contributed by atoms with E-state index in [1.54, 1.807) is 6.07 Å². The highest BCUT2D eigenvalue weighted by molar-refractivity contribution is 5.67. The summed E-state index contributed by atoms with van der Waals surface area (Å²) in [5.74, 6) is 5.08. The number of pyridine rings is 1. The molecular weight excluding hydrogens is 283 g/mol. The largest absolute Gasteiger partial charge is 0.445 e. The van der Waals surface area contributed by atoms with Crippen LogP contribution in [0.5, 0.6) is 0 Å². The van der Waals surface area contributed by atoms with Crippen molar-refractivity contribution >= 4 is 6.09 Å². The Labute approximate surface area is 128 Å². The van der Waals surface area contributed by atoms with Crippen molar-refractivity contribution in [1.82, 2.24) is 10.3 Å². The van der Waals surface area contributed by atoms with Crippen LogP contribution in [-0.4, -0.2) is 17.6 Å². The molecule has 0 bridgehead atoms. The topological polar surface area (TPSA) is 51.2 Å². The maximum atomic E-state index is 12.8. The molecule has 0 saturated carbocycles. The molecule has 0 aliphatic rings. The molecule has 0 spiro atoms. The van der Waals surface area contributed by atoms with Crippen LogP contribution in [0.15, 0.2) is 48.7 Å². The van der Waals surface area contributed by atoms with Gasteiger partial charge in [0.15, 0.2) is 0 Å². The van der Waals surface area contributed by atoms with E-state index in [9.17, 15) is 9.18 Å². The number of amides is 1. The van der Waals surface area contributed by atoms with E-state index in [1.165, 1.54) is 12.3 Å². The molecule has 0 unspecified atom stereocenters. The van der Waals surface area contributed by atoms with Gasteiger partial charge >= 0.3 is 6.09 Å². The van der Waals surface area contributed by atoms with Crippen molar-refractivity contribution in [2.24, 2.45) is 0 Å². The smallest absolute Gasteiger partial charge is 0.407 e. The number of ether oxygens (including phenoxy) is 1. The number of alkyl carbamates (subject to hydrolysis) is 1. The van der Waals surface area contributed by atoms with Gasteiger partial charge in [0.2, 0.25) is 5.95 Å². The van der Waals surface area contributed by atoms with E-state index in [0.717, 1.165) is 5.56 Å². The molecule has 0 saturated heterocycles. The van der Waals surface area contributed by atoms with E-state index in [-0.39, 0.29) is 6.61 Å². The summed E-state index contributed by atoms with van der Waals surface area (Å²) < 4.78 is 17.9. The molecule has 112 valence electrons. The van der Waals surface area contributed by atoms with Crippen LogP contribution in [0.1, 0.15) is 17.5 Å². The highest BCUT2D eigenvalue weighted by atomic mass is 19.1. The molecule has 4 nitrogen and oxygen atoms in total. The molecule has 5 heteroatoms. The molecule has 1 amide bonds. The van der Waals surface area contributed by atoms with Crippen molar-refractivity contribution in [2.75, 3.05) is 6.54 Å². The van der Waals surface area contributed by atoms with Gasteiger partial charge in [0.05, 0.1) is 0 Å². The number of rotatable bonds is 4. The number of benzene rings is 1. The van der Waals surface area contributed by atoms with Crippen molar-refractivity contribution in [3.8, 4) is 11.8 Å². The minimum atomic E-state index is -0.561. The Balaban J connectivity index is 1.65. The number of nitrogens with zero attached hydrogens (tertiary/aromatic N) is 1. The maximum Gasteiger partial charge on any atom is 0.407 e. The lowest BCUT2D eigenvalue weighted by molar-refractivity contribution is 0.140. The van der Waals surface area contributed by atoms with E-state index >= 15 is 0 Å². The van der Waals surface area contributed by atoms with Crippen molar-refractivity contribution in [3.63, 3.8) is 0 Å². The fraction of sp³-hybridized carbons (Fsp3) is 0.176. The van der Waals surface area contributed by atoms with Gasteiger partial charge in [0.25, 0.3) is 0 Å². The summed E-state index contributed by atoms with van der Waals surface area (Å²) in [4.78, 5) is 14.9. The average molecular weight is 298 g/mol. The zero-order chi connectivity index (χ0) is 15.6. The van der Waals surface area contributed by atoms with E-state index < -0.39 is 12.0 Å². The number of aromatic nitrogens is 1. The first-order chi connectivity index (χ1) is 10.7. The maximum absolute atomic E-state index is 12.8. The molecule has 2 aromatic rings. The quantitative estimate of drug-likeness (QED) is 0.536. The molecule has 1 aromatic heterocycles. The predicted molar refractivity (Wildman–Crippen MR) is 80.3 cm³/mol. The fourth-order valence-electron chi connectivity index (χ4n) is 1.65. The first-order valence-corrected chi connectivity index (χ1v) is 6.79. The highest BCUT2D eigenvalue weighted by Crippen LogP contribution is 2.00. The molecule has 1 aromatic carbocycles. The third-order valence-corrected chi connectivity index (χ3v) is 2.69. The highest BCUT2D eigenvalue weighted by Gasteiger charge is 2.00. The second-order valence-corrected chi connectivity index (χ2v) is 4.41. The molecule has 0 fully saturated rings. The molecule has 2 rings (SSSR count). The fourth-order valence-corrected chi connectivity index (χ4v) is 1.65. The lowest BCUT2D eigenvalue weighted by Gasteiger charge is -2.05. The molecule has 1 heterocycles. The Morgan fingerprint density at radius 3 is 2.86 bits per heavy atom. The van der Waals surface area contributed by atoms with Crippen LogP contribution < -0.4 is 5.32 Å². The Hall–Kier alpha value is -2.87. The lowest BCUT2D eigenvalue weighted by atomic mass is 10.2. The summed E-state index contributed by atoms with van der Waals surface area (Å²) >= 11 is 0. The third kappa shape index (κ3) is 5.63. The summed E-state index contributed by atoms with van der Waals surface area (Å²) in [7, 11) is 0. The number of hydrogen-bond donors (Lipinski definition) is 1. The first kappa shape index (κ1) is 15.5. The summed E-state index contributed by atoms with van der Waals surface area (Å²) in [5.41, 5.74) is 1.48. The Bertz CT molecular complexity index is 678. The van der Waals surface area contributed by atoms with Gasteiger partial charge in [-0.3, -0.25) is 0 Å². The van der Waals surface area contributed by atoms with E-state index in [0.29, 0.717) is 18.5 Å². The van der Waals surface area contributed by atoms with Gasteiger partial charge in [-0.05, 0) is 11.6 Å². The van der Waals surface area contributed by atoms with Crippen molar-refractivity contribution in [3.05, 3.63) is 65.7 Å². The van der Waals surface area contributed by atoms with E-state index in [1.807, 2.05) is 30.3 Å². The molecular formula is C17H15FN2O2. The molecule has 0 atom stereocenters. The number of hydrogen-bond acceptors (Lipinski definition) is 3. The van der Waals surface area contributed by atoms with E-state index in [2.05, 4.69) is 22.1 Å². The Morgan fingerprint density at radius 1 is 1.27 bits per heavy atom. The molecule has 0 aliphatic carbocycles. The van der Waals surface area contributed by atoms with Gasteiger partial charge in [-0.15, -0.1) is 0 Å². The van der Waals surface area contributed by atoms with Crippen LogP contribution in [0.4, 0.5) is 9.18 Å². The SMILES string of the molecule is O=C(NCCC#Cc1ccnc(F)c1)OCc1ccccc1. The minimum Gasteiger partial charge on any atom is -0.445 e. The van der Waals surface area contributed by atoms with Crippen molar-refractivity contribution in [1.29, 1.82) is 0 Å². The third-order valence-electron chi connectivity index (χ3n) is 2.69. The second kappa shape index (κ2) is 8.42. The number of nitrogens with one attached hydrogen (secondary N) is 1.